The average Bonchev–Trinajstić information content (AvgIpc) is 3.08. The summed E-state index contributed by atoms with van der Waals surface area (Å²) in [7, 11) is 0. The SMILES string of the molecule is CC1CC1N1C(=O)NC(=O)C(c2ccc(F)cc2)C1=O. The fraction of sp³-hybridized carbons (Fsp3) is 0.357. The lowest BCUT2D eigenvalue weighted by molar-refractivity contribution is -0.139. The Morgan fingerprint density at radius 1 is 1.20 bits per heavy atom. The maximum atomic E-state index is 12.9. The zero-order chi connectivity index (χ0) is 14.4. The van der Waals surface area contributed by atoms with Crippen LogP contribution in [0.25, 0.3) is 0 Å². The predicted molar refractivity (Wildman–Crippen MR) is 67.1 cm³/mol. The van der Waals surface area contributed by atoms with Crippen molar-refractivity contribution >= 4 is 17.8 Å². The minimum Gasteiger partial charge on any atom is -0.277 e. The van der Waals surface area contributed by atoms with Gasteiger partial charge < -0.3 is 0 Å². The van der Waals surface area contributed by atoms with Gasteiger partial charge in [0.25, 0.3) is 0 Å². The molecule has 0 aromatic heterocycles. The molecule has 1 N–H and O–H groups in total. The number of imide groups is 2. The van der Waals surface area contributed by atoms with Gasteiger partial charge in [-0.05, 0) is 30.0 Å². The first-order valence-corrected chi connectivity index (χ1v) is 6.42. The molecule has 0 radical (unpaired) electrons. The highest BCUT2D eigenvalue weighted by Crippen LogP contribution is 2.38. The van der Waals surface area contributed by atoms with Crippen molar-refractivity contribution in [2.24, 2.45) is 5.92 Å². The van der Waals surface area contributed by atoms with Gasteiger partial charge in [-0.3, -0.25) is 19.8 Å². The largest absolute Gasteiger partial charge is 0.331 e. The van der Waals surface area contributed by atoms with Gasteiger partial charge in [-0.1, -0.05) is 19.1 Å². The molecule has 1 aliphatic carbocycles. The Morgan fingerprint density at radius 2 is 1.80 bits per heavy atom. The van der Waals surface area contributed by atoms with Gasteiger partial charge in [0, 0.05) is 6.04 Å². The minimum absolute atomic E-state index is 0.140. The third kappa shape index (κ3) is 1.97. The number of benzene rings is 1. The van der Waals surface area contributed by atoms with Crippen molar-refractivity contribution in [3.63, 3.8) is 0 Å². The molecule has 3 unspecified atom stereocenters. The molecule has 20 heavy (non-hydrogen) atoms. The summed E-state index contributed by atoms with van der Waals surface area (Å²) < 4.78 is 12.9. The molecule has 1 aliphatic heterocycles. The highest BCUT2D eigenvalue weighted by molar-refractivity contribution is 6.19. The summed E-state index contributed by atoms with van der Waals surface area (Å²) in [5, 5.41) is 2.20. The number of carbonyl (C=O) groups excluding carboxylic acids is 3. The van der Waals surface area contributed by atoms with Crippen molar-refractivity contribution in [2.45, 2.75) is 25.3 Å². The number of barbiturate groups is 1. The summed E-state index contributed by atoms with van der Waals surface area (Å²) in [6.07, 6.45) is 0.753. The van der Waals surface area contributed by atoms with E-state index >= 15 is 0 Å². The van der Waals surface area contributed by atoms with Gasteiger partial charge in [-0.15, -0.1) is 0 Å². The van der Waals surface area contributed by atoms with Gasteiger partial charge in [-0.25, -0.2) is 9.18 Å². The van der Waals surface area contributed by atoms with Crippen LogP contribution in [0.4, 0.5) is 9.18 Å². The Kier molecular flexibility index (Phi) is 2.81. The number of rotatable bonds is 2. The monoisotopic (exact) mass is 276 g/mol. The van der Waals surface area contributed by atoms with Gasteiger partial charge >= 0.3 is 6.03 Å². The van der Waals surface area contributed by atoms with Crippen molar-refractivity contribution in [2.75, 3.05) is 0 Å². The first-order chi connectivity index (χ1) is 9.49. The van der Waals surface area contributed by atoms with Crippen molar-refractivity contribution in [1.29, 1.82) is 0 Å². The van der Waals surface area contributed by atoms with Crippen LogP contribution < -0.4 is 5.32 Å². The van der Waals surface area contributed by atoms with Crippen LogP contribution in [0.15, 0.2) is 24.3 Å². The van der Waals surface area contributed by atoms with E-state index in [1.165, 1.54) is 24.3 Å². The topological polar surface area (TPSA) is 66.5 Å². The van der Waals surface area contributed by atoms with Crippen molar-refractivity contribution < 1.29 is 18.8 Å². The normalized spacial score (nSPS) is 29.4. The first-order valence-electron chi connectivity index (χ1n) is 6.42. The smallest absolute Gasteiger partial charge is 0.277 e. The van der Waals surface area contributed by atoms with Gasteiger partial charge in [0.15, 0.2) is 0 Å². The van der Waals surface area contributed by atoms with Gasteiger partial charge in [0.05, 0.1) is 0 Å². The predicted octanol–water partition coefficient (Wildman–Crippen LogP) is 1.40. The van der Waals surface area contributed by atoms with E-state index in [0.717, 1.165) is 11.3 Å². The average molecular weight is 276 g/mol. The summed E-state index contributed by atoms with van der Waals surface area (Å²) >= 11 is 0. The Labute approximate surface area is 114 Å². The molecule has 1 aromatic rings. The van der Waals surface area contributed by atoms with E-state index in [9.17, 15) is 18.8 Å². The fourth-order valence-electron chi connectivity index (χ4n) is 2.51. The van der Waals surface area contributed by atoms with Crippen LogP contribution >= 0.6 is 0 Å². The van der Waals surface area contributed by atoms with E-state index in [0.29, 0.717) is 5.56 Å². The van der Waals surface area contributed by atoms with Crippen LogP contribution in [-0.4, -0.2) is 28.8 Å². The lowest BCUT2D eigenvalue weighted by atomic mass is 9.95. The molecule has 2 aliphatic rings. The second-order valence-electron chi connectivity index (χ2n) is 5.27. The molecule has 0 bridgehead atoms. The van der Waals surface area contributed by atoms with Gasteiger partial charge in [0.1, 0.15) is 11.7 Å². The fourth-order valence-corrected chi connectivity index (χ4v) is 2.51. The summed E-state index contributed by atoms with van der Waals surface area (Å²) in [6, 6.07) is 4.36. The Bertz CT molecular complexity index is 599. The number of hydrogen-bond acceptors (Lipinski definition) is 3. The molecule has 4 amide bonds. The van der Waals surface area contributed by atoms with Crippen molar-refractivity contribution in [1.82, 2.24) is 10.2 Å². The van der Waals surface area contributed by atoms with Crippen LogP contribution in [0.1, 0.15) is 24.8 Å². The van der Waals surface area contributed by atoms with E-state index in [2.05, 4.69) is 5.32 Å². The highest BCUT2D eigenvalue weighted by atomic mass is 19.1. The molecule has 1 aromatic carbocycles. The number of urea groups is 1. The summed E-state index contributed by atoms with van der Waals surface area (Å²) in [6.45, 7) is 1.94. The molecule has 1 saturated carbocycles. The van der Waals surface area contributed by atoms with E-state index in [1.54, 1.807) is 0 Å². The van der Waals surface area contributed by atoms with E-state index in [1.807, 2.05) is 6.92 Å². The molecular weight excluding hydrogens is 263 g/mol. The zero-order valence-corrected chi connectivity index (χ0v) is 10.8. The number of halogens is 1. The molecule has 3 atom stereocenters. The summed E-state index contributed by atoms with van der Waals surface area (Å²) in [4.78, 5) is 37.2. The van der Waals surface area contributed by atoms with E-state index in [-0.39, 0.29) is 12.0 Å². The minimum atomic E-state index is -1.08. The van der Waals surface area contributed by atoms with Crippen LogP contribution in [0.5, 0.6) is 0 Å². The molecule has 3 rings (SSSR count). The number of nitrogens with one attached hydrogen (secondary N) is 1. The summed E-state index contributed by atoms with van der Waals surface area (Å²) in [5.74, 6) is -2.45. The van der Waals surface area contributed by atoms with Crippen molar-refractivity contribution in [3.05, 3.63) is 35.6 Å². The standard InChI is InChI=1S/C14H13FN2O3/c1-7-6-10(7)17-13(19)11(12(18)16-14(17)20)8-2-4-9(15)5-3-8/h2-5,7,10-11H,6H2,1H3,(H,16,18,20). The van der Waals surface area contributed by atoms with E-state index < -0.39 is 29.6 Å². The van der Waals surface area contributed by atoms with Crippen LogP contribution in [-0.2, 0) is 9.59 Å². The molecule has 1 heterocycles. The van der Waals surface area contributed by atoms with Gasteiger partial charge in [-0.2, -0.15) is 0 Å². The lowest BCUT2D eigenvalue weighted by Gasteiger charge is -2.30. The zero-order valence-electron chi connectivity index (χ0n) is 10.8. The number of hydrogen-bond donors (Lipinski definition) is 1. The molecule has 104 valence electrons. The second-order valence-corrected chi connectivity index (χ2v) is 5.27. The highest BCUT2D eigenvalue weighted by Gasteiger charge is 2.50. The van der Waals surface area contributed by atoms with Crippen molar-refractivity contribution in [3.8, 4) is 0 Å². The quantitative estimate of drug-likeness (QED) is 0.830. The Hall–Kier alpha value is -2.24. The Morgan fingerprint density at radius 3 is 2.35 bits per heavy atom. The number of carbonyl (C=O) groups is 3. The van der Waals surface area contributed by atoms with E-state index in [4.69, 9.17) is 0 Å². The molecule has 2 fully saturated rings. The molecule has 5 nitrogen and oxygen atoms in total. The number of amides is 4. The maximum Gasteiger partial charge on any atom is 0.331 e. The molecule has 0 spiro atoms. The molecular formula is C14H13FN2O3. The van der Waals surface area contributed by atoms with Crippen LogP contribution in [0.2, 0.25) is 0 Å². The maximum absolute atomic E-state index is 12.9. The van der Waals surface area contributed by atoms with Crippen LogP contribution in [0, 0.1) is 11.7 Å². The second kappa shape index (κ2) is 4.40. The van der Waals surface area contributed by atoms with Crippen LogP contribution in [0.3, 0.4) is 0 Å². The van der Waals surface area contributed by atoms with Gasteiger partial charge in [0.2, 0.25) is 11.8 Å². The number of nitrogens with zero attached hydrogens (tertiary/aromatic N) is 1. The first kappa shape index (κ1) is 12.8. The lowest BCUT2D eigenvalue weighted by Crippen LogP contribution is -2.57. The third-order valence-electron chi connectivity index (χ3n) is 3.80. The summed E-state index contributed by atoms with van der Waals surface area (Å²) in [5.41, 5.74) is 0.389. The molecule has 1 saturated heterocycles. The molecule has 6 heteroatoms. The third-order valence-corrected chi connectivity index (χ3v) is 3.80. The Balaban J connectivity index is 1.93.